The number of ether oxygens (including phenoxy) is 1. The van der Waals surface area contributed by atoms with Gasteiger partial charge in [-0.15, -0.1) is 0 Å². The Morgan fingerprint density at radius 1 is 1.15 bits per heavy atom. The molecule has 0 aliphatic heterocycles. The number of carboxylic acids is 1. The maximum atomic E-state index is 10.7. The van der Waals surface area contributed by atoms with Gasteiger partial charge in [0.05, 0.1) is 6.61 Å². The molecule has 0 aromatic rings. The van der Waals surface area contributed by atoms with Crippen LogP contribution in [0.5, 0.6) is 0 Å². The molecule has 0 fully saturated rings. The fourth-order valence-corrected chi connectivity index (χ4v) is 1.82. The first-order valence-electron chi connectivity index (χ1n) is 7.07. The van der Waals surface area contributed by atoms with Crippen molar-refractivity contribution in [3.8, 4) is 0 Å². The van der Waals surface area contributed by atoms with Crippen LogP contribution >= 0.6 is 0 Å². The second-order valence-corrected chi connectivity index (χ2v) is 4.93. The average molecular weight is 290 g/mol. The third-order valence-corrected chi connectivity index (χ3v) is 3.18. The molecule has 0 aromatic carbocycles. The van der Waals surface area contributed by atoms with Gasteiger partial charge in [0.1, 0.15) is 6.54 Å². The number of carboxylic acid groups (broad SMARTS) is 1. The number of hydrogen-bond donors (Lipinski definition) is 3. The van der Waals surface area contributed by atoms with Gasteiger partial charge in [-0.25, -0.2) is 4.79 Å². The third kappa shape index (κ3) is 9.03. The van der Waals surface area contributed by atoms with Crippen LogP contribution in [0.25, 0.3) is 0 Å². The summed E-state index contributed by atoms with van der Waals surface area (Å²) in [5.74, 6) is -1.04. The van der Waals surface area contributed by atoms with E-state index in [-0.39, 0.29) is 17.6 Å². The van der Waals surface area contributed by atoms with Crippen molar-refractivity contribution in [3.63, 3.8) is 0 Å². The van der Waals surface area contributed by atoms with Crippen molar-refractivity contribution in [2.24, 2.45) is 0 Å². The van der Waals surface area contributed by atoms with E-state index in [1.165, 1.54) is 0 Å². The SMILES string of the molecule is C/C=C/CCCCCOCC[N+](CO)(CO)CC(=O)O. The van der Waals surface area contributed by atoms with Crippen LogP contribution in [0.3, 0.4) is 0 Å². The molecule has 0 amide bonds. The van der Waals surface area contributed by atoms with E-state index < -0.39 is 19.4 Å². The topological polar surface area (TPSA) is 87.0 Å². The summed E-state index contributed by atoms with van der Waals surface area (Å²) in [6.07, 6.45) is 8.47. The normalized spacial score (nSPS) is 12.2. The first-order chi connectivity index (χ1) is 9.60. The third-order valence-electron chi connectivity index (χ3n) is 3.18. The minimum absolute atomic E-state index is 0.281. The van der Waals surface area contributed by atoms with E-state index in [9.17, 15) is 15.0 Å². The van der Waals surface area contributed by atoms with Crippen LogP contribution in [0.2, 0.25) is 0 Å². The van der Waals surface area contributed by atoms with Gasteiger partial charge in [-0.05, 0) is 26.2 Å². The highest BCUT2D eigenvalue weighted by Gasteiger charge is 2.28. The van der Waals surface area contributed by atoms with Gasteiger partial charge in [0, 0.05) is 6.61 Å². The maximum Gasteiger partial charge on any atom is 0.359 e. The van der Waals surface area contributed by atoms with Gasteiger partial charge in [-0.1, -0.05) is 18.6 Å². The zero-order chi connectivity index (χ0) is 15.3. The van der Waals surface area contributed by atoms with E-state index in [0.717, 1.165) is 25.7 Å². The summed E-state index contributed by atoms with van der Waals surface area (Å²) in [7, 11) is 0. The average Bonchev–Trinajstić information content (AvgIpc) is 2.44. The van der Waals surface area contributed by atoms with Gasteiger partial charge in [-0.3, -0.25) is 4.48 Å². The summed E-state index contributed by atoms with van der Waals surface area (Å²) in [5.41, 5.74) is 0. The molecule has 6 heteroatoms. The number of aliphatic hydroxyl groups is 2. The van der Waals surface area contributed by atoms with Crippen LogP contribution in [-0.4, -0.2) is 65.5 Å². The van der Waals surface area contributed by atoms with Crippen LogP contribution in [-0.2, 0) is 9.53 Å². The Morgan fingerprint density at radius 2 is 1.85 bits per heavy atom. The lowest BCUT2D eigenvalue weighted by atomic mass is 10.2. The fourth-order valence-electron chi connectivity index (χ4n) is 1.82. The zero-order valence-electron chi connectivity index (χ0n) is 12.3. The Labute approximate surface area is 120 Å². The summed E-state index contributed by atoms with van der Waals surface area (Å²) < 4.78 is 5.15. The molecule has 118 valence electrons. The molecule has 0 aliphatic rings. The van der Waals surface area contributed by atoms with Crippen molar-refractivity contribution < 1.29 is 29.3 Å². The number of allylic oxidation sites excluding steroid dienone is 2. The molecule has 0 spiro atoms. The predicted molar refractivity (Wildman–Crippen MR) is 75.9 cm³/mol. The largest absolute Gasteiger partial charge is 0.477 e. The zero-order valence-corrected chi connectivity index (χ0v) is 12.3. The number of carbonyl (C=O) groups is 1. The molecule has 6 nitrogen and oxygen atoms in total. The monoisotopic (exact) mass is 290 g/mol. The second kappa shape index (κ2) is 11.8. The summed E-state index contributed by atoms with van der Waals surface area (Å²) in [6, 6.07) is 0. The molecule has 0 saturated carbocycles. The highest BCUT2D eigenvalue weighted by Crippen LogP contribution is 2.05. The Morgan fingerprint density at radius 3 is 2.40 bits per heavy atom. The van der Waals surface area contributed by atoms with Crippen LogP contribution in [0.1, 0.15) is 32.6 Å². The van der Waals surface area contributed by atoms with E-state index in [1.54, 1.807) is 0 Å². The second-order valence-electron chi connectivity index (χ2n) is 4.93. The number of aliphatic hydroxyl groups excluding tert-OH is 2. The van der Waals surface area contributed by atoms with Crippen molar-refractivity contribution in [1.29, 1.82) is 0 Å². The van der Waals surface area contributed by atoms with Crippen LogP contribution < -0.4 is 0 Å². The number of unbranched alkanes of at least 4 members (excludes halogenated alkanes) is 3. The number of aliphatic carboxylic acids is 1. The predicted octanol–water partition coefficient (Wildman–Crippen LogP) is 0.940. The molecule has 0 heterocycles. The Kier molecular flexibility index (Phi) is 11.3. The molecule has 0 saturated heterocycles. The Hall–Kier alpha value is -0.950. The van der Waals surface area contributed by atoms with Gasteiger partial charge in [-0.2, -0.15) is 0 Å². The number of nitrogens with zero attached hydrogens (tertiary/aromatic N) is 1. The van der Waals surface area contributed by atoms with Gasteiger partial charge in [0.2, 0.25) is 0 Å². The minimum Gasteiger partial charge on any atom is -0.477 e. The standard InChI is InChI=1S/C14H27NO5/c1-2-3-4-5-6-7-9-20-10-8-15(12-16,13-17)11-14(18)19/h2-3,16-17H,4-13H2,1H3/p+1/b3-2+. The van der Waals surface area contributed by atoms with Gasteiger partial charge < -0.3 is 20.1 Å². The lowest BCUT2D eigenvalue weighted by Gasteiger charge is -2.32. The number of hydrogen-bond acceptors (Lipinski definition) is 4. The first kappa shape index (κ1) is 19.1. The first-order valence-corrected chi connectivity index (χ1v) is 7.07. The van der Waals surface area contributed by atoms with E-state index in [4.69, 9.17) is 9.84 Å². The molecule has 20 heavy (non-hydrogen) atoms. The van der Waals surface area contributed by atoms with Gasteiger partial charge >= 0.3 is 5.97 Å². The van der Waals surface area contributed by atoms with Crippen molar-refractivity contribution in [2.45, 2.75) is 32.6 Å². The molecule has 0 unspecified atom stereocenters. The molecule has 0 radical (unpaired) electrons. The maximum absolute atomic E-state index is 10.7. The van der Waals surface area contributed by atoms with E-state index in [0.29, 0.717) is 13.2 Å². The van der Waals surface area contributed by atoms with E-state index in [1.807, 2.05) is 13.0 Å². The van der Waals surface area contributed by atoms with Crippen molar-refractivity contribution in [2.75, 3.05) is 39.8 Å². The highest BCUT2D eigenvalue weighted by atomic mass is 16.5. The quantitative estimate of drug-likeness (QED) is 0.203. The number of quaternary nitrogens is 1. The lowest BCUT2D eigenvalue weighted by Crippen LogP contribution is -2.54. The van der Waals surface area contributed by atoms with Crippen molar-refractivity contribution in [3.05, 3.63) is 12.2 Å². The van der Waals surface area contributed by atoms with Gasteiger partial charge in [0.25, 0.3) is 0 Å². The lowest BCUT2D eigenvalue weighted by molar-refractivity contribution is -0.955. The molecule has 0 bridgehead atoms. The molecular weight excluding hydrogens is 262 g/mol. The Bertz CT molecular complexity index is 277. The highest BCUT2D eigenvalue weighted by molar-refractivity contribution is 5.67. The van der Waals surface area contributed by atoms with Gasteiger partial charge in [0.15, 0.2) is 20.0 Å². The molecular formula is C14H28NO5+. The van der Waals surface area contributed by atoms with Crippen molar-refractivity contribution in [1.82, 2.24) is 0 Å². The van der Waals surface area contributed by atoms with Crippen LogP contribution in [0, 0.1) is 0 Å². The summed E-state index contributed by atoms with van der Waals surface area (Å²) >= 11 is 0. The molecule has 0 aromatic heterocycles. The van der Waals surface area contributed by atoms with E-state index >= 15 is 0 Å². The smallest absolute Gasteiger partial charge is 0.359 e. The van der Waals surface area contributed by atoms with Crippen LogP contribution in [0.4, 0.5) is 0 Å². The summed E-state index contributed by atoms with van der Waals surface area (Å²) in [5, 5.41) is 27.2. The van der Waals surface area contributed by atoms with Crippen LogP contribution in [0.15, 0.2) is 12.2 Å². The molecule has 0 aliphatic carbocycles. The minimum atomic E-state index is -1.04. The molecule has 0 atom stereocenters. The summed E-state index contributed by atoms with van der Waals surface area (Å²) in [4.78, 5) is 10.7. The Balaban J connectivity index is 3.71. The summed E-state index contributed by atoms with van der Waals surface area (Å²) in [6.45, 7) is 2.14. The van der Waals surface area contributed by atoms with E-state index in [2.05, 4.69) is 6.08 Å². The number of rotatable bonds is 13. The molecule has 3 N–H and O–H groups in total. The molecule has 0 rings (SSSR count). The van der Waals surface area contributed by atoms with Crippen molar-refractivity contribution >= 4 is 5.97 Å². The fraction of sp³-hybridized carbons (Fsp3) is 0.786.